The summed E-state index contributed by atoms with van der Waals surface area (Å²) in [7, 11) is 0. The van der Waals surface area contributed by atoms with E-state index in [4.69, 9.17) is 9.26 Å². The van der Waals surface area contributed by atoms with Gasteiger partial charge in [0.25, 0.3) is 0 Å². The van der Waals surface area contributed by atoms with Crippen molar-refractivity contribution >= 4 is 5.91 Å². The molecule has 1 aromatic heterocycles. The van der Waals surface area contributed by atoms with Gasteiger partial charge in [0.1, 0.15) is 0 Å². The molecule has 0 radical (unpaired) electrons. The zero-order chi connectivity index (χ0) is 22.0. The molecule has 5 rings (SSSR count). The summed E-state index contributed by atoms with van der Waals surface area (Å²) in [6, 6.07) is 10.7. The first kappa shape index (κ1) is 21.6. The van der Waals surface area contributed by atoms with Crippen LogP contribution in [0.25, 0.3) is 0 Å². The lowest BCUT2D eigenvalue weighted by molar-refractivity contribution is -0.122. The molecule has 8 nitrogen and oxygen atoms in total. The number of aryl methyl sites for hydroxylation is 1. The van der Waals surface area contributed by atoms with Gasteiger partial charge in [-0.2, -0.15) is 4.98 Å². The fourth-order valence-corrected chi connectivity index (χ4v) is 5.76. The third-order valence-corrected chi connectivity index (χ3v) is 7.27. The van der Waals surface area contributed by atoms with E-state index in [-0.39, 0.29) is 17.4 Å². The molecule has 1 saturated carbocycles. The summed E-state index contributed by atoms with van der Waals surface area (Å²) >= 11 is 0. The van der Waals surface area contributed by atoms with E-state index < -0.39 is 0 Å². The van der Waals surface area contributed by atoms with Crippen LogP contribution in [-0.4, -0.2) is 77.8 Å². The molecule has 172 valence electrons. The summed E-state index contributed by atoms with van der Waals surface area (Å²) in [5, 5.41) is 7.39. The molecule has 2 aliphatic heterocycles. The number of nitrogens with zero attached hydrogens (tertiary/aromatic N) is 4. The lowest BCUT2D eigenvalue weighted by Gasteiger charge is -2.27. The van der Waals surface area contributed by atoms with Gasteiger partial charge in [0.05, 0.1) is 18.6 Å². The van der Waals surface area contributed by atoms with Crippen LogP contribution in [0.1, 0.15) is 36.5 Å². The SMILES string of the molecule is Cc1noc(C23CC(NC(=O)CCN4CCOCC4)CC2CN(Cc2ccccc2)C3)n1. The molecule has 1 aromatic carbocycles. The first-order valence-electron chi connectivity index (χ1n) is 11.8. The van der Waals surface area contributed by atoms with Crippen molar-refractivity contribution < 1.29 is 14.1 Å². The second kappa shape index (κ2) is 9.29. The molecule has 1 aliphatic carbocycles. The molecule has 3 unspecified atom stereocenters. The van der Waals surface area contributed by atoms with E-state index in [2.05, 4.69) is 55.6 Å². The molecule has 3 atom stereocenters. The number of fused-ring (bicyclic) bond motifs is 1. The Morgan fingerprint density at radius 3 is 2.78 bits per heavy atom. The molecule has 3 fully saturated rings. The van der Waals surface area contributed by atoms with Gasteiger partial charge in [0, 0.05) is 51.7 Å². The third kappa shape index (κ3) is 4.58. The first-order chi connectivity index (χ1) is 15.6. The molecular weight excluding hydrogens is 406 g/mol. The summed E-state index contributed by atoms with van der Waals surface area (Å²) in [6.45, 7) is 8.80. The second-order valence-electron chi connectivity index (χ2n) is 9.56. The highest BCUT2D eigenvalue weighted by Crippen LogP contribution is 2.50. The number of amides is 1. The summed E-state index contributed by atoms with van der Waals surface area (Å²) in [4.78, 5) is 22.1. The average molecular weight is 440 g/mol. The maximum Gasteiger partial charge on any atom is 0.234 e. The largest absolute Gasteiger partial charge is 0.379 e. The van der Waals surface area contributed by atoms with Crippen molar-refractivity contribution in [1.82, 2.24) is 25.3 Å². The highest BCUT2D eigenvalue weighted by molar-refractivity contribution is 5.76. The number of nitrogens with one attached hydrogen (secondary N) is 1. The number of hydrogen-bond acceptors (Lipinski definition) is 7. The Morgan fingerprint density at radius 2 is 2.03 bits per heavy atom. The van der Waals surface area contributed by atoms with E-state index in [1.165, 1.54) is 5.56 Å². The Hall–Kier alpha value is -2.29. The van der Waals surface area contributed by atoms with Gasteiger partial charge in [-0.3, -0.25) is 14.6 Å². The summed E-state index contributed by atoms with van der Waals surface area (Å²) in [5.74, 6) is 1.95. The molecular formula is C24H33N5O3. The first-order valence-corrected chi connectivity index (χ1v) is 11.8. The van der Waals surface area contributed by atoms with Crippen molar-refractivity contribution in [3.63, 3.8) is 0 Å². The van der Waals surface area contributed by atoms with Gasteiger partial charge in [-0.25, -0.2) is 0 Å². The molecule has 32 heavy (non-hydrogen) atoms. The van der Waals surface area contributed by atoms with E-state index >= 15 is 0 Å². The van der Waals surface area contributed by atoms with Gasteiger partial charge < -0.3 is 14.6 Å². The van der Waals surface area contributed by atoms with Crippen LogP contribution in [0.15, 0.2) is 34.9 Å². The monoisotopic (exact) mass is 439 g/mol. The average Bonchev–Trinajstić information content (AvgIpc) is 3.46. The quantitative estimate of drug-likeness (QED) is 0.704. The van der Waals surface area contributed by atoms with Gasteiger partial charge in [0.2, 0.25) is 11.8 Å². The zero-order valence-corrected chi connectivity index (χ0v) is 18.8. The molecule has 0 bridgehead atoms. The summed E-state index contributed by atoms with van der Waals surface area (Å²) < 4.78 is 11.1. The lowest BCUT2D eigenvalue weighted by Crippen LogP contribution is -2.41. The molecule has 3 aliphatic rings. The van der Waals surface area contributed by atoms with Crippen LogP contribution in [0.3, 0.4) is 0 Å². The number of morpholine rings is 1. The van der Waals surface area contributed by atoms with Crippen molar-refractivity contribution in [2.45, 2.75) is 44.2 Å². The van der Waals surface area contributed by atoms with Gasteiger partial charge >= 0.3 is 0 Å². The number of carbonyl (C=O) groups is 1. The minimum atomic E-state index is -0.182. The van der Waals surface area contributed by atoms with E-state index in [0.29, 0.717) is 18.2 Å². The Kier molecular flexibility index (Phi) is 6.26. The van der Waals surface area contributed by atoms with Crippen LogP contribution < -0.4 is 5.32 Å². The van der Waals surface area contributed by atoms with Crippen LogP contribution >= 0.6 is 0 Å². The van der Waals surface area contributed by atoms with E-state index in [0.717, 1.165) is 71.2 Å². The summed E-state index contributed by atoms with van der Waals surface area (Å²) in [5.41, 5.74) is 1.13. The van der Waals surface area contributed by atoms with Gasteiger partial charge in [0.15, 0.2) is 5.82 Å². The van der Waals surface area contributed by atoms with E-state index in [1.807, 2.05) is 6.92 Å². The fraction of sp³-hybridized carbons (Fsp3) is 0.625. The van der Waals surface area contributed by atoms with Crippen LogP contribution in [0.5, 0.6) is 0 Å². The lowest BCUT2D eigenvalue weighted by atomic mass is 9.80. The highest BCUT2D eigenvalue weighted by Gasteiger charge is 2.57. The number of hydrogen-bond donors (Lipinski definition) is 1. The number of carbonyl (C=O) groups excluding carboxylic acids is 1. The van der Waals surface area contributed by atoms with Crippen molar-refractivity contribution in [2.24, 2.45) is 5.92 Å². The number of benzene rings is 1. The Balaban J connectivity index is 1.23. The van der Waals surface area contributed by atoms with Crippen molar-refractivity contribution in [2.75, 3.05) is 45.9 Å². The molecule has 1 N–H and O–H groups in total. The second-order valence-corrected chi connectivity index (χ2v) is 9.56. The van der Waals surface area contributed by atoms with Crippen LogP contribution in [0.4, 0.5) is 0 Å². The standard InChI is InChI=1S/C24H33N5O3/c1-18-25-23(32-27-18)24-14-21(26-22(30)7-8-28-9-11-31-12-10-28)13-20(24)16-29(17-24)15-19-5-3-2-4-6-19/h2-6,20-21H,7-17H2,1H3,(H,26,30). The minimum absolute atomic E-state index is 0.138. The zero-order valence-electron chi connectivity index (χ0n) is 18.8. The van der Waals surface area contributed by atoms with Gasteiger partial charge in [-0.05, 0) is 31.2 Å². The van der Waals surface area contributed by atoms with Crippen LogP contribution in [0.2, 0.25) is 0 Å². The van der Waals surface area contributed by atoms with Crippen molar-refractivity contribution in [1.29, 1.82) is 0 Å². The van der Waals surface area contributed by atoms with Gasteiger partial charge in [-0.15, -0.1) is 0 Å². The predicted octanol–water partition coefficient (Wildman–Crippen LogP) is 1.75. The molecule has 1 amide bonds. The molecule has 2 saturated heterocycles. The van der Waals surface area contributed by atoms with Crippen molar-refractivity contribution in [3.05, 3.63) is 47.6 Å². The maximum atomic E-state index is 12.7. The summed E-state index contributed by atoms with van der Waals surface area (Å²) in [6.07, 6.45) is 2.35. The number of likely N-dealkylation sites (tertiary alicyclic amines) is 1. The molecule has 8 heteroatoms. The van der Waals surface area contributed by atoms with Crippen LogP contribution in [0, 0.1) is 12.8 Å². The predicted molar refractivity (Wildman–Crippen MR) is 119 cm³/mol. The van der Waals surface area contributed by atoms with Gasteiger partial charge in [-0.1, -0.05) is 35.5 Å². The third-order valence-electron chi connectivity index (χ3n) is 7.27. The highest BCUT2D eigenvalue weighted by atomic mass is 16.5. The van der Waals surface area contributed by atoms with Crippen molar-refractivity contribution in [3.8, 4) is 0 Å². The Bertz CT molecular complexity index is 913. The normalized spacial score (nSPS) is 28.7. The number of rotatable bonds is 7. The molecule has 2 aromatic rings. The Labute approximate surface area is 189 Å². The topological polar surface area (TPSA) is 83.7 Å². The number of aromatic nitrogens is 2. The van der Waals surface area contributed by atoms with Crippen LogP contribution in [-0.2, 0) is 21.5 Å². The fourth-order valence-electron chi connectivity index (χ4n) is 5.76. The molecule has 0 spiro atoms. The minimum Gasteiger partial charge on any atom is -0.379 e. The van der Waals surface area contributed by atoms with E-state index in [1.54, 1.807) is 0 Å². The number of ether oxygens (including phenoxy) is 1. The molecule has 3 heterocycles. The Morgan fingerprint density at radius 1 is 1.22 bits per heavy atom. The smallest absolute Gasteiger partial charge is 0.234 e. The maximum absolute atomic E-state index is 12.7. The van der Waals surface area contributed by atoms with E-state index in [9.17, 15) is 4.79 Å².